The smallest absolute Gasteiger partial charge is 0.753 e. The van der Waals surface area contributed by atoms with Crippen molar-refractivity contribution >= 4 is 70.0 Å². The summed E-state index contributed by atoms with van der Waals surface area (Å²) >= 11 is 11.1. The van der Waals surface area contributed by atoms with Gasteiger partial charge in [0.1, 0.15) is 0 Å². The molecule has 0 aromatic carbocycles. The monoisotopic (exact) mass is 639 g/mol. The van der Waals surface area contributed by atoms with E-state index in [4.69, 9.17) is 21.3 Å². The maximum atomic E-state index is 11.3. The van der Waals surface area contributed by atoms with Gasteiger partial charge < -0.3 is 41.1 Å². The van der Waals surface area contributed by atoms with Gasteiger partial charge in [0.2, 0.25) is 0 Å². The molecule has 0 saturated carbocycles. The maximum Gasteiger partial charge on any atom is 3.00 e. The van der Waals surface area contributed by atoms with Crippen LogP contribution in [0.2, 0.25) is 0 Å². The van der Waals surface area contributed by atoms with Gasteiger partial charge in [0.15, 0.2) is 0 Å². The van der Waals surface area contributed by atoms with Crippen LogP contribution in [-0.4, -0.2) is 53.5 Å². The molecule has 16 heteroatoms. The number of aromatic nitrogens is 3. The Bertz CT molecular complexity index is 1270. The van der Waals surface area contributed by atoms with E-state index in [1.807, 2.05) is 0 Å². The van der Waals surface area contributed by atoms with Crippen molar-refractivity contribution in [3.05, 3.63) is 81.7 Å². The molecular weight excluding hydrogens is 630 g/mol. The Morgan fingerprint density at radius 3 is 1.38 bits per heavy atom. The fraction of sp³-hybridized carbons (Fsp3) is 0. The Kier molecular flexibility index (Phi) is 18.1. The number of rotatable bonds is 5. The average Bonchev–Trinajstić information content (AvgIpc) is 2.85. The van der Waals surface area contributed by atoms with E-state index >= 15 is 0 Å². The molecule has 0 aliphatic rings. The van der Waals surface area contributed by atoms with Crippen molar-refractivity contribution in [3.63, 3.8) is 0 Å². The fourth-order valence-electron chi connectivity index (χ4n) is 2.31. The largest absolute Gasteiger partial charge is 3.00 e. The van der Waals surface area contributed by atoms with E-state index in [2.05, 4.69) is 51.6 Å². The molecule has 3 aromatic rings. The van der Waals surface area contributed by atoms with Gasteiger partial charge in [-0.25, -0.2) is 9.78 Å². The Morgan fingerprint density at radius 1 is 0.703 bits per heavy atom. The molecule has 3 aromatic heterocycles. The number of hydrogen-bond donors (Lipinski definition) is 1. The van der Waals surface area contributed by atoms with Gasteiger partial charge in [-0.05, 0) is 36.4 Å². The van der Waals surface area contributed by atoms with Gasteiger partial charge in [0.05, 0.1) is 40.3 Å². The molecule has 3 rings (SSSR count). The first-order valence-electron chi connectivity index (χ1n) is 8.74. The number of thiocarbonyl (C=S) groups is 3. The quantitative estimate of drug-likeness (QED) is 0.239. The Morgan fingerprint density at radius 2 is 1.03 bits per heavy atom. The van der Waals surface area contributed by atoms with Crippen molar-refractivity contribution in [2.24, 2.45) is 0 Å². The van der Waals surface area contributed by atoms with Crippen LogP contribution < -0.4 is 10.2 Å². The van der Waals surface area contributed by atoms with Crippen LogP contribution in [0.4, 0.5) is 0 Å². The van der Waals surface area contributed by atoms with Crippen LogP contribution in [-0.2, 0) is 19.5 Å². The molecule has 0 aliphatic carbocycles. The first-order valence-corrected chi connectivity index (χ1v) is 9.97. The van der Waals surface area contributed by atoms with Gasteiger partial charge in [-0.15, -0.1) is 0 Å². The van der Waals surface area contributed by atoms with E-state index in [-0.39, 0.29) is 58.9 Å². The summed E-state index contributed by atoms with van der Waals surface area (Å²) in [7, 11) is 0. The summed E-state index contributed by atoms with van der Waals surface area (Å²) in [4.78, 5) is 45.7. The molecule has 0 spiro atoms. The summed E-state index contributed by atoms with van der Waals surface area (Å²) in [5.41, 5.74) is -0.135. The molecule has 0 aliphatic heterocycles. The molecule has 187 valence electrons. The van der Waals surface area contributed by atoms with Crippen molar-refractivity contribution in [2.45, 2.75) is 0 Å². The van der Waals surface area contributed by atoms with E-state index in [0.717, 1.165) is 0 Å². The molecular formula is C21H9N6O6RuS3-2. The van der Waals surface area contributed by atoms with Crippen LogP contribution in [0, 0.1) is 0 Å². The fourth-order valence-corrected chi connectivity index (χ4v) is 2.31. The standard InChI is InChI=1S/C18H11N3O6.3CNS.Ru/c22-16(23)9-1-3-19-12(5-9)14-7-11(18(26)27)8-15(21-14)13-6-10(17(24)25)2-4-20-13;3*2-1-3;/h1-8H,(H,22,23)(H,24,25)(H,26,27);;;;/q;3*-1;+3/p-2. The Labute approximate surface area is 237 Å². The zero-order valence-electron chi connectivity index (χ0n) is 17.9. The first-order chi connectivity index (χ1) is 17.1. The number of aromatic carboxylic acids is 3. The molecule has 1 N–H and O–H groups in total. The minimum Gasteiger partial charge on any atom is -0.753 e. The second-order valence-electron chi connectivity index (χ2n) is 5.64. The number of carbonyl (C=O) groups excluding carboxylic acids is 2. The van der Waals surface area contributed by atoms with E-state index in [1.54, 1.807) is 0 Å². The number of pyridine rings is 3. The molecule has 0 fully saturated rings. The summed E-state index contributed by atoms with van der Waals surface area (Å²) in [6.07, 6.45) is 2.47. The van der Waals surface area contributed by atoms with Gasteiger partial charge >= 0.3 is 25.4 Å². The average molecular weight is 639 g/mol. The summed E-state index contributed by atoms with van der Waals surface area (Å²) in [5, 5.41) is 56.9. The zero-order valence-corrected chi connectivity index (χ0v) is 22.1. The van der Waals surface area contributed by atoms with Crippen molar-refractivity contribution in [3.8, 4) is 22.8 Å². The van der Waals surface area contributed by atoms with Crippen LogP contribution in [0.25, 0.3) is 39.0 Å². The van der Waals surface area contributed by atoms with Crippen molar-refractivity contribution in [1.29, 1.82) is 0 Å². The van der Waals surface area contributed by atoms with Crippen molar-refractivity contribution in [2.75, 3.05) is 0 Å². The molecule has 0 amide bonds. The molecule has 1 radical (unpaired) electrons. The van der Waals surface area contributed by atoms with Crippen LogP contribution in [0.5, 0.6) is 0 Å². The third-order valence-electron chi connectivity index (χ3n) is 3.59. The van der Waals surface area contributed by atoms with E-state index in [9.17, 15) is 24.6 Å². The Hall–Kier alpha value is -4.12. The summed E-state index contributed by atoms with van der Waals surface area (Å²) in [6.45, 7) is 0. The zero-order chi connectivity index (χ0) is 27.7. The predicted molar refractivity (Wildman–Crippen MR) is 134 cm³/mol. The van der Waals surface area contributed by atoms with E-state index in [0.29, 0.717) is 0 Å². The second-order valence-corrected chi connectivity index (χ2v) is 6.19. The van der Waals surface area contributed by atoms with Crippen molar-refractivity contribution in [1.82, 2.24) is 15.0 Å². The molecule has 0 bridgehead atoms. The number of carboxylic acid groups (broad SMARTS) is 3. The van der Waals surface area contributed by atoms with Gasteiger partial charge in [-0.2, -0.15) is 15.5 Å². The minimum atomic E-state index is -1.50. The molecule has 0 saturated heterocycles. The molecule has 0 atom stereocenters. The minimum absolute atomic E-state index is 0. The summed E-state index contributed by atoms with van der Waals surface area (Å²) < 4.78 is 0. The van der Waals surface area contributed by atoms with Gasteiger partial charge in [-0.1, -0.05) is 36.7 Å². The van der Waals surface area contributed by atoms with E-state index in [1.165, 1.54) is 64.3 Å². The SMILES string of the molecule is O=C([O-])c1ccnc(-c2cc(C(=O)[O-])cc(-c3cc(C(=O)O)ccn3)n2)c1.[N-]=C=S.[N-]=C=S.[N-]=C=S.[Ru+3]. The van der Waals surface area contributed by atoms with Gasteiger partial charge in [0.25, 0.3) is 0 Å². The maximum absolute atomic E-state index is 11.3. The predicted octanol–water partition coefficient (Wildman–Crippen LogP) is 1.60. The van der Waals surface area contributed by atoms with Crippen LogP contribution in [0.15, 0.2) is 48.8 Å². The molecule has 37 heavy (non-hydrogen) atoms. The summed E-state index contributed by atoms with van der Waals surface area (Å²) in [5.74, 6) is -4.10. The number of nitrogens with zero attached hydrogens (tertiary/aromatic N) is 6. The third-order valence-corrected chi connectivity index (χ3v) is 3.59. The van der Waals surface area contributed by atoms with E-state index < -0.39 is 17.9 Å². The number of carbonyl (C=O) groups is 3. The first kappa shape index (κ1) is 35.0. The number of carboxylic acids is 3. The topological polar surface area (TPSA) is 223 Å². The molecule has 12 nitrogen and oxygen atoms in total. The van der Waals surface area contributed by atoms with Crippen LogP contribution in [0.1, 0.15) is 31.1 Å². The van der Waals surface area contributed by atoms with Crippen molar-refractivity contribution < 1.29 is 49.2 Å². The third kappa shape index (κ3) is 12.4. The van der Waals surface area contributed by atoms with Crippen LogP contribution in [0.3, 0.4) is 0 Å². The number of isothiocyanates is 3. The molecule has 0 unspecified atom stereocenters. The van der Waals surface area contributed by atoms with Gasteiger partial charge in [-0.3, -0.25) is 9.97 Å². The second kappa shape index (κ2) is 19.1. The summed E-state index contributed by atoms with van der Waals surface area (Å²) in [6, 6.07) is 7.26. The molecule has 3 heterocycles. The van der Waals surface area contributed by atoms with Gasteiger partial charge in [0, 0.05) is 23.5 Å². The van der Waals surface area contributed by atoms with Crippen LogP contribution >= 0.6 is 36.7 Å². The normalized spacial score (nSPS) is 8.22. The Balaban J connectivity index is 0. The number of hydrogen-bond acceptors (Lipinski definition) is 11.